The van der Waals surface area contributed by atoms with E-state index in [0.717, 1.165) is 12.8 Å². The summed E-state index contributed by atoms with van der Waals surface area (Å²) in [5.74, 6) is 0.302. The average molecular weight is 337 g/mol. The minimum atomic E-state index is -3.56. The fourth-order valence-corrected chi connectivity index (χ4v) is 3.82. The van der Waals surface area contributed by atoms with Crippen molar-refractivity contribution in [3.05, 3.63) is 30.6 Å². The number of rotatable bonds is 5. The van der Waals surface area contributed by atoms with E-state index in [0.29, 0.717) is 24.8 Å². The summed E-state index contributed by atoms with van der Waals surface area (Å²) in [5.41, 5.74) is 0.595. The maximum absolute atomic E-state index is 12.5. The van der Waals surface area contributed by atoms with Gasteiger partial charge in [-0.1, -0.05) is 6.07 Å². The van der Waals surface area contributed by atoms with E-state index in [1.54, 1.807) is 24.3 Å². The van der Waals surface area contributed by atoms with Crippen molar-refractivity contribution in [3.63, 3.8) is 0 Å². The Morgan fingerprint density at radius 1 is 1.43 bits per heavy atom. The summed E-state index contributed by atoms with van der Waals surface area (Å²) in [6.07, 6.45) is 3.34. The highest BCUT2D eigenvalue weighted by Crippen LogP contribution is 2.20. The van der Waals surface area contributed by atoms with E-state index in [2.05, 4.69) is 20.2 Å². The third-order valence-electron chi connectivity index (χ3n) is 3.90. The van der Waals surface area contributed by atoms with Gasteiger partial charge < -0.3 is 4.74 Å². The number of nitrogens with zero attached hydrogens (tertiary/aromatic N) is 4. The van der Waals surface area contributed by atoms with Gasteiger partial charge in [0.15, 0.2) is 0 Å². The van der Waals surface area contributed by atoms with E-state index < -0.39 is 10.0 Å². The fourth-order valence-electron chi connectivity index (χ4n) is 2.66. The summed E-state index contributed by atoms with van der Waals surface area (Å²) in [6, 6.07) is 6.52. The van der Waals surface area contributed by atoms with Crippen LogP contribution in [0, 0.1) is 5.92 Å². The number of ether oxygens (including phenoxy) is 1. The van der Waals surface area contributed by atoms with Crippen LogP contribution in [-0.4, -0.2) is 47.9 Å². The number of hydrogen-bond acceptors (Lipinski definition) is 6. The summed E-state index contributed by atoms with van der Waals surface area (Å²) in [5, 5.41) is 10.9. The second kappa shape index (κ2) is 6.73. The van der Waals surface area contributed by atoms with Crippen molar-refractivity contribution in [3.8, 4) is 5.69 Å². The molecule has 1 N–H and O–H groups in total. The molecule has 0 unspecified atom stereocenters. The Kier molecular flexibility index (Phi) is 4.69. The minimum absolute atomic E-state index is 0.182. The summed E-state index contributed by atoms with van der Waals surface area (Å²) < 4.78 is 34.5. The molecule has 9 heteroatoms. The van der Waals surface area contributed by atoms with Crippen LogP contribution in [-0.2, 0) is 14.8 Å². The SMILES string of the molecule is C[C@@H]1C[C@H](CNS(=O)(=O)c2cccc(-n3cnnn3)c2)CCO1. The van der Waals surface area contributed by atoms with Gasteiger partial charge in [0.1, 0.15) is 6.33 Å². The molecule has 0 amide bonds. The molecular formula is C14H19N5O3S. The van der Waals surface area contributed by atoms with Gasteiger partial charge >= 0.3 is 0 Å². The van der Waals surface area contributed by atoms with Gasteiger partial charge in [0.25, 0.3) is 0 Å². The van der Waals surface area contributed by atoms with Crippen LogP contribution in [0.15, 0.2) is 35.5 Å². The molecule has 23 heavy (non-hydrogen) atoms. The standard InChI is InChI=1S/C14H19N5O3S/c1-11-7-12(5-6-22-11)9-16-23(20,21)14-4-2-3-13(8-14)19-10-15-17-18-19/h2-4,8,10-12,16H,5-7,9H2,1H3/t11-,12-/m1/s1. The molecule has 2 aromatic rings. The van der Waals surface area contributed by atoms with Gasteiger partial charge in [0.2, 0.25) is 10.0 Å². The predicted octanol–water partition coefficient (Wildman–Crippen LogP) is 0.756. The number of tetrazole rings is 1. The molecule has 2 heterocycles. The highest BCUT2D eigenvalue weighted by molar-refractivity contribution is 7.89. The van der Waals surface area contributed by atoms with Gasteiger partial charge in [-0.05, 0) is 54.3 Å². The largest absolute Gasteiger partial charge is 0.378 e. The molecule has 2 atom stereocenters. The van der Waals surface area contributed by atoms with Crippen molar-refractivity contribution < 1.29 is 13.2 Å². The van der Waals surface area contributed by atoms with E-state index in [-0.39, 0.29) is 11.0 Å². The maximum atomic E-state index is 12.5. The molecule has 0 spiro atoms. The van der Waals surface area contributed by atoms with Crippen molar-refractivity contribution in [1.82, 2.24) is 24.9 Å². The van der Waals surface area contributed by atoms with Crippen molar-refractivity contribution in [2.75, 3.05) is 13.2 Å². The van der Waals surface area contributed by atoms with Gasteiger partial charge in [0.05, 0.1) is 16.7 Å². The molecule has 124 valence electrons. The van der Waals surface area contributed by atoms with Crippen LogP contribution in [0.25, 0.3) is 5.69 Å². The molecule has 1 aliphatic heterocycles. The van der Waals surface area contributed by atoms with Crippen molar-refractivity contribution in [2.24, 2.45) is 5.92 Å². The van der Waals surface area contributed by atoms with E-state index in [1.807, 2.05) is 6.92 Å². The first kappa shape index (κ1) is 16.0. The summed E-state index contributed by atoms with van der Waals surface area (Å²) >= 11 is 0. The zero-order valence-electron chi connectivity index (χ0n) is 12.8. The Bertz CT molecular complexity index is 748. The Labute approximate surface area is 134 Å². The average Bonchev–Trinajstić information content (AvgIpc) is 3.08. The molecule has 0 saturated carbocycles. The molecule has 0 bridgehead atoms. The smallest absolute Gasteiger partial charge is 0.240 e. The van der Waals surface area contributed by atoms with Crippen LogP contribution in [0.1, 0.15) is 19.8 Å². The number of sulfonamides is 1. The zero-order chi connectivity index (χ0) is 16.3. The van der Waals surface area contributed by atoms with Crippen molar-refractivity contribution in [2.45, 2.75) is 30.8 Å². The molecule has 1 aliphatic rings. The Morgan fingerprint density at radius 2 is 2.30 bits per heavy atom. The number of benzene rings is 1. The van der Waals surface area contributed by atoms with Crippen LogP contribution < -0.4 is 4.72 Å². The van der Waals surface area contributed by atoms with Gasteiger partial charge in [0, 0.05) is 13.2 Å². The third-order valence-corrected chi connectivity index (χ3v) is 5.32. The second-order valence-corrected chi connectivity index (χ2v) is 7.44. The lowest BCUT2D eigenvalue weighted by atomic mass is 9.97. The summed E-state index contributed by atoms with van der Waals surface area (Å²) in [6.45, 7) is 3.11. The van der Waals surface area contributed by atoms with E-state index in [4.69, 9.17) is 4.74 Å². The van der Waals surface area contributed by atoms with E-state index >= 15 is 0 Å². The van der Waals surface area contributed by atoms with Crippen molar-refractivity contribution >= 4 is 10.0 Å². The Hall–Kier alpha value is -1.84. The van der Waals surface area contributed by atoms with E-state index in [9.17, 15) is 8.42 Å². The highest BCUT2D eigenvalue weighted by atomic mass is 32.2. The number of aromatic nitrogens is 4. The van der Waals surface area contributed by atoms with Crippen LogP contribution >= 0.6 is 0 Å². The predicted molar refractivity (Wildman–Crippen MR) is 82.5 cm³/mol. The molecule has 1 aromatic carbocycles. The second-order valence-electron chi connectivity index (χ2n) is 5.68. The summed E-state index contributed by atoms with van der Waals surface area (Å²) in [4.78, 5) is 0.200. The van der Waals surface area contributed by atoms with Gasteiger partial charge in [-0.15, -0.1) is 5.10 Å². The first-order valence-electron chi connectivity index (χ1n) is 7.49. The molecule has 1 saturated heterocycles. The van der Waals surface area contributed by atoms with E-state index in [1.165, 1.54) is 11.0 Å². The first-order chi connectivity index (χ1) is 11.0. The van der Waals surface area contributed by atoms with Crippen molar-refractivity contribution in [1.29, 1.82) is 0 Å². The Morgan fingerprint density at radius 3 is 3.04 bits per heavy atom. The molecule has 1 fully saturated rings. The lowest BCUT2D eigenvalue weighted by molar-refractivity contribution is 0.00397. The lowest BCUT2D eigenvalue weighted by Gasteiger charge is -2.27. The number of nitrogens with one attached hydrogen (secondary N) is 1. The monoisotopic (exact) mass is 337 g/mol. The number of hydrogen-bond donors (Lipinski definition) is 1. The molecule has 0 aliphatic carbocycles. The zero-order valence-corrected chi connectivity index (χ0v) is 13.6. The van der Waals surface area contributed by atoms with Gasteiger partial charge in [-0.2, -0.15) is 0 Å². The molecule has 0 radical (unpaired) electrons. The Balaban J connectivity index is 1.71. The third kappa shape index (κ3) is 3.92. The molecule has 8 nitrogen and oxygen atoms in total. The highest BCUT2D eigenvalue weighted by Gasteiger charge is 2.22. The first-order valence-corrected chi connectivity index (χ1v) is 8.97. The van der Waals surface area contributed by atoms with Gasteiger partial charge in [-0.3, -0.25) is 0 Å². The maximum Gasteiger partial charge on any atom is 0.240 e. The molecule has 1 aromatic heterocycles. The lowest BCUT2D eigenvalue weighted by Crippen LogP contribution is -2.34. The van der Waals surface area contributed by atoms with Gasteiger partial charge in [-0.25, -0.2) is 17.8 Å². The minimum Gasteiger partial charge on any atom is -0.378 e. The normalized spacial score (nSPS) is 22.1. The topological polar surface area (TPSA) is 99.0 Å². The molecular weight excluding hydrogens is 318 g/mol. The summed E-state index contributed by atoms with van der Waals surface area (Å²) in [7, 11) is -3.56. The quantitative estimate of drug-likeness (QED) is 0.864. The van der Waals surface area contributed by atoms with Crippen LogP contribution in [0.2, 0.25) is 0 Å². The van der Waals surface area contributed by atoms with Crippen LogP contribution in [0.4, 0.5) is 0 Å². The molecule has 3 rings (SSSR count). The van der Waals surface area contributed by atoms with Crippen LogP contribution in [0.3, 0.4) is 0 Å². The van der Waals surface area contributed by atoms with Crippen LogP contribution in [0.5, 0.6) is 0 Å². The fraction of sp³-hybridized carbons (Fsp3) is 0.500.